The van der Waals surface area contributed by atoms with Gasteiger partial charge in [0, 0.05) is 6.42 Å². The zero-order valence-electron chi connectivity index (χ0n) is 10.6. The van der Waals surface area contributed by atoms with Crippen LogP contribution in [0.25, 0.3) is 0 Å². The normalized spacial score (nSPS) is 12.2. The number of hydrogen-bond donors (Lipinski definition) is 1. The summed E-state index contributed by atoms with van der Waals surface area (Å²) in [5.41, 5.74) is 0. The van der Waals surface area contributed by atoms with E-state index in [4.69, 9.17) is 9.29 Å². The summed E-state index contributed by atoms with van der Waals surface area (Å²) in [7, 11) is 0.0994. The van der Waals surface area contributed by atoms with Gasteiger partial charge in [-0.05, 0) is 6.08 Å². The third-order valence-electron chi connectivity index (χ3n) is 2.38. The fourth-order valence-electron chi connectivity index (χ4n) is 1.27. The summed E-state index contributed by atoms with van der Waals surface area (Å²) in [4.78, 5) is 0. The highest BCUT2D eigenvalue weighted by Gasteiger charge is 2.16. The number of nitrogens with zero attached hydrogens (tertiary/aromatic N) is 1. The Kier molecular flexibility index (Phi) is 6.44. The van der Waals surface area contributed by atoms with E-state index in [0.717, 1.165) is 6.54 Å². The van der Waals surface area contributed by atoms with Crippen LogP contribution in [0.3, 0.4) is 0 Å². The first-order valence-corrected chi connectivity index (χ1v) is 6.98. The molecule has 0 aromatic carbocycles. The monoisotopic (exact) mass is 264 g/mol. The van der Waals surface area contributed by atoms with Gasteiger partial charge in [0.15, 0.2) is 0 Å². The molecule has 100 valence electrons. The average molecular weight is 264 g/mol. The van der Waals surface area contributed by atoms with Crippen LogP contribution in [0.15, 0.2) is 25.0 Å². The molecule has 17 heavy (non-hydrogen) atoms. The van der Waals surface area contributed by atoms with Gasteiger partial charge in [-0.15, -0.1) is 0 Å². The Labute approximate surface area is 104 Å². The van der Waals surface area contributed by atoms with Crippen molar-refractivity contribution in [3.05, 3.63) is 25.0 Å². The van der Waals surface area contributed by atoms with Gasteiger partial charge in [-0.25, -0.2) is 0 Å². The first-order chi connectivity index (χ1) is 7.66. The van der Waals surface area contributed by atoms with Gasteiger partial charge in [-0.1, -0.05) is 13.2 Å². The molecule has 0 fully saturated rings. The fourth-order valence-corrected chi connectivity index (χ4v) is 1.76. The van der Waals surface area contributed by atoms with Crippen molar-refractivity contribution < 1.29 is 22.2 Å². The molecule has 6 heteroatoms. The van der Waals surface area contributed by atoms with Crippen LogP contribution in [0.1, 0.15) is 6.42 Å². The summed E-state index contributed by atoms with van der Waals surface area (Å²) in [6.07, 6.45) is 1.96. The lowest BCUT2D eigenvalue weighted by molar-refractivity contribution is -0.890. The molecular formula is C11H22NO4S+. The van der Waals surface area contributed by atoms with Gasteiger partial charge in [-0.2, -0.15) is 8.42 Å². The highest BCUT2D eigenvalue weighted by Crippen LogP contribution is 2.02. The molecule has 0 unspecified atom stereocenters. The lowest BCUT2D eigenvalue weighted by Gasteiger charge is -2.29. The second-order valence-electron chi connectivity index (χ2n) is 4.54. The molecule has 0 spiro atoms. The number of likely N-dealkylation sites (N-methyl/N-ethyl adjacent to an activating group) is 1. The molecule has 5 nitrogen and oxygen atoms in total. The van der Waals surface area contributed by atoms with Gasteiger partial charge in [0.2, 0.25) is 0 Å². The van der Waals surface area contributed by atoms with E-state index in [2.05, 4.69) is 13.2 Å². The first-order valence-electron chi connectivity index (χ1n) is 5.37. The third kappa shape index (κ3) is 10.0. The van der Waals surface area contributed by atoms with Crippen LogP contribution in [-0.4, -0.2) is 57.0 Å². The van der Waals surface area contributed by atoms with Crippen LogP contribution in [0.5, 0.6) is 0 Å². The molecule has 0 rings (SSSR count). The predicted octanol–water partition coefficient (Wildman–Crippen LogP) is 1.06. The molecule has 0 aromatic rings. The number of rotatable bonds is 9. The van der Waals surface area contributed by atoms with Crippen molar-refractivity contribution in [1.29, 1.82) is 0 Å². The molecule has 0 aromatic heterocycles. The zero-order valence-corrected chi connectivity index (χ0v) is 11.4. The minimum atomic E-state index is -3.85. The summed E-state index contributed by atoms with van der Waals surface area (Å²) in [6, 6.07) is 0. The Hall–Kier alpha value is -0.850. The molecule has 0 amide bonds. The fraction of sp³-hybridized carbons (Fsp3) is 0.636. The Balaban J connectivity index is 3.87. The Bertz CT molecular complexity index is 360. The number of ether oxygens (including phenoxy) is 1. The molecule has 0 aliphatic rings. The van der Waals surface area contributed by atoms with Gasteiger partial charge in [0.25, 0.3) is 10.1 Å². The predicted molar refractivity (Wildman–Crippen MR) is 68.2 cm³/mol. The van der Waals surface area contributed by atoms with E-state index in [1.807, 2.05) is 14.1 Å². The minimum Gasteiger partial charge on any atom is -0.488 e. The number of hydrogen-bond acceptors (Lipinski definition) is 3. The average Bonchev–Trinajstić information content (AvgIpc) is 2.14. The maximum Gasteiger partial charge on any atom is 0.265 e. The van der Waals surface area contributed by atoms with Crippen LogP contribution in [0, 0.1) is 0 Å². The topological polar surface area (TPSA) is 63.6 Å². The second kappa shape index (κ2) is 6.78. The lowest BCUT2D eigenvalue weighted by atomic mass is 10.3. The Morgan fingerprint density at radius 1 is 1.41 bits per heavy atom. The van der Waals surface area contributed by atoms with Crippen molar-refractivity contribution >= 4 is 10.1 Å². The summed E-state index contributed by atoms with van der Waals surface area (Å²) < 4.78 is 35.6. The van der Waals surface area contributed by atoms with Crippen LogP contribution in [-0.2, 0) is 14.9 Å². The van der Waals surface area contributed by atoms with Crippen LogP contribution >= 0.6 is 0 Å². The molecule has 0 saturated heterocycles. The molecule has 1 N–H and O–H groups in total. The van der Waals surface area contributed by atoms with Crippen molar-refractivity contribution in [1.82, 2.24) is 0 Å². The van der Waals surface area contributed by atoms with Crippen LogP contribution in [0.2, 0.25) is 0 Å². The van der Waals surface area contributed by atoms with E-state index in [1.54, 1.807) is 6.08 Å². The largest absolute Gasteiger partial charge is 0.488 e. The van der Waals surface area contributed by atoms with E-state index in [-0.39, 0.29) is 5.75 Å². The van der Waals surface area contributed by atoms with Gasteiger partial charge in [-0.3, -0.25) is 4.55 Å². The van der Waals surface area contributed by atoms with E-state index >= 15 is 0 Å². The number of quaternary nitrogens is 1. The van der Waals surface area contributed by atoms with Crippen molar-refractivity contribution in [2.45, 2.75) is 6.42 Å². The standard InChI is InChI=1S/C11H21NO4S/c1-5-11(2)16-9-8-12(3,4)7-6-10-17(13,14)15/h5H,1-2,6-10H2,3-4H3/p+1. The van der Waals surface area contributed by atoms with E-state index in [1.165, 1.54) is 0 Å². The zero-order chi connectivity index (χ0) is 13.5. The maximum atomic E-state index is 10.6. The van der Waals surface area contributed by atoms with E-state index in [0.29, 0.717) is 29.8 Å². The van der Waals surface area contributed by atoms with E-state index in [9.17, 15) is 8.42 Å². The highest BCUT2D eigenvalue weighted by molar-refractivity contribution is 7.85. The molecule has 0 aliphatic carbocycles. The number of allylic oxidation sites excluding steroid dienone is 1. The van der Waals surface area contributed by atoms with Crippen molar-refractivity contribution in [2.75, 3.05) is 39.5 Å². The highest BCUT2D eigenvalue weighted by atomic mass is 32.2. The van der Waals surface area contributed by atoms with Crippen molar-refractivity contribution in [3.8, 4) is 0 Å². The van der Waals surface area contributed by atoms with Crippen molar-refractivity contribution in [3.63, 3.8) is 0 Å². The molecule has 0 radical (unpaired) electrons. The molecule has 0 bridgehead atoms. The summed E-state index contributed by atoms with van der Waals surface area (Å²) in [5, 5.41) is 0. The molecular weight excluding hydrogens is 242 g/mol. The van der Waals surface area contributed by atoms with Gasteiger partial charge in [0.05, 0.1) is 26.4 Å². The van der Waals surface area contributed by atoms with Crippen LogP contribution < -0.4 is 0 Å². The molecule has 0 heterocycles. The first kappa shape index (κ1) is 16.1. The Morgan fingerprint density at radius 2 is 2.00 bits per heavy atom. The quantitative estimate of drug-likeness (QED) is 0.293. The van der Waals surface area contributed by atoms with Gasteiger partial charge in [0.1, 0.15) is 18.9 Å². The van der Waals surface area contributed by atoms with Gasteiger partial charge < -0.3 is 9.22 Å². The van der Waals surface area contributed by atoms with Gasteiger partial charge >= 0.3 is 0 Å². The SMILES string of the molecule is C=CC(=C)OCC[N+](C)(C)CCCS(=O)(=O)O. The Morgan fingerprint density at radius 3 is 2.47 bits per heavy atom. The summed E-state index contributed by atoms with van der Waals surface area (Å²) in [6.45, 7) is 9.05. The molecule has 0 atom stereocenters. The third-order valence-corrected chi connectivity index (χ3v) is 3.18. The maximum absolute atomic E-state index is 10.6. The van der Waals surface area contributed by atoms with Crippen LogP contribution in [0.4, 0.5) is 0 Å². The summed E-state index contributed by atoms with van der Waals surface area (Å²) >= 11 is 0. The van der Waals surface area contributed by atoms with E-state index < -0.39 is 10.1 Å². The molecule has 0 saturated carbocycles. The smallest absolute Gasteiger partial charge is 0.265 e. The second-order valence-corrected chi connectivity index (χ2v) is 6.11. The summed E-state index contributed by atoms with van der Waals surface area (Å²) in [5.74, 6) is 0.331. The van der Waals surface area contributed by atoms with Crippen molar-refractivity contribution in [2.24, 2.45) is 0 Å². The lowest BCUT2D eigenvalue weighted by Crippen LogP contribution is -2.43. The molecule has 0 aliphatic heterocycles. The minimum absolute atomic E-state index is 0.200.